The van der Waals surface area contributed by atoms with Gasteiger partial charge in [0.05, 0.1) is 22.2 Å². The Balaban J connectivity index is 1.63. The minimum Gasteiger partial charge on any atom is -0.373 e. The van der Waals surface area contributed by atoms with E-state index in [0.29, 0.717) is 16.2 Å². The number of carbonyl (C=O) groups is 2. The fourth-order valence-electron chi connectivity index (χ4n) is 4.02. The van der Waals surface area contributed by atoms with Crippen molar-refractivity contribution in [3.8, 4) is 0 Å². The van der Waals surface area contributed by atoms with Crippen molar-refractivity contribution in [3.05, 3.63) is 100.0 Å². The van der Waals surface area contributed by atoms with Crippen molar-refractivity contribution in [2.75, 3.05) is 10.2 Å². The van der Waals surface area contributed by atoms with E-state index in [4.69, 9.17) is 0 Å². The molecule has 0 fully saturated rings. The lowest BCUT2D eigenvalue weighted by Gasteiger charge is -2.23. The SMILES string of the molecule is CCc1ccc(N2C(=O)C3=C(C2=O)[C@H](c2ccc(C)cc2)Nc2ccccc2S3)cc1. The van der Waals surface area contributed by atoms with E-state index in [0.717, 1.165) is 28.1 Å². The van der Waals surface area contributed by atoms with Crippen LogP contribution in [0.15, 0.2) is 88.2 Å². The summed E-state index contributed by atoms with van der Waals surface area (Å²) in [5.74, 6) is -0.521. The first-order chi connectivity index (χ1) is 15.1. The molecule has 3 aromatic rings. The molecule has 0 aliphatic carbocycles. The van der Waals surface area contributed by atoms with Crippen molar-refractivity contribution >= 4 is 35.0 Å². The van der Waals surface area contributed by atoms with Crippen LogP contribution in [0.1, 0.15) is 29.7 Å². The first-order valence-corrected chi connectivity index (χ1v) is 11.2. The highest BCUT2D eigenvalue weighted by atomic mass is 32.2. The molecule has 2 aliphatic heterocycles. The molecule has 154 valence electrons. The zero-order valence-electron chi connectivity index (χ0n) is 17.4. The quantitative estimate of drug-likeness (QED) is 0.551. The highest BCUT2D eigenvalue weighted by Crippen LogP contribution is 2.48. The lowest BCUT2D eigenvalue weighted by Crippen LogP contribution is -2.33. The molecule has 2 heterocycles. The summed E-state index contributed by atoms with van der Waals surface area (Å²) >= 11 is 1.37. The summed E-state index contributed by atoms with van der Waals surface area (Å²) in [6.07, 6.45) is 0.906. The third-order valence-electron chi connectivity index (χ3n) is 5.78. The van der Waals surface area contributed by atoms with Gasteiger partial charge in [0.1, 0.15) is 0 Å². The summed E-state index contributed by atoms with van der Waals surface area (Å²) in [5.41, 5.74) is 5.31. The van der Waals surface area contributed by atoms with Crippen LogP contribution in [0.2, 0.25) is 0 Å². The molecule has 0 aromatic heterocycles. The number of fused-ring (bicyclic) bond motifs is 1. The van der Waals surface area contributed by atoms with Gasteiger partial charge in [0.2, 0.25) is 0 Å². The molecule has 0 unspecified atom stereocenters. The number of hydrogen-bond acceptors (Lipinski definition) is 4. The Hall–Kier alpha value is -3.31. The van der Waals surface area contributed by atoms with Crippen LogP contribution in [-0.4, -0.2) is 11.8 Å². The van der Waals surface area contributed by atoms with Crippen molar-refractivity contribution in [2.24, 2.45) is 0 Å². The number of carbonyl (C=O) groups excluding carboxylic acids is 2. The van der Waals surface area contributed by atoms with Crippen LogP contribution in [0.3, 0.4) is 0 Å². The number of hydrogen-bond donors (Lipinski definition) is 1. The minimum absolute atomic E-state index is 0.259. The summed E-state index contributed by atoms with van der Waals surface area (Å²) in [6.45, 7) is 4.11. The second-order valence-electron chi connectivity index (χ2n) is 7.79. The van der Waals surface area contributed by atoms with E-state index in [2.05, 4.69) is 12.2 Å². The first-order valence-electron chi connectivity index (χ1n) is 10.4. The average molecular weight is 427 g/mol. The standard InChI is InChI=1S/C26H22N2O2S/c1-3-17-10-14-19(15-11-17)28-25(29)22-23(18-12-8-16(2)9-13-18)27-20-6-4-5-7-21(20)31-24(22)26(28)30/h4-15,23,27H,3H2,1-2H3/t23-/m0/s1. The molecule has 0 saturated carbocycles. The fourth-order valence-corrected chi connectivity index (χ4v) is 5.11. The first kappa shape index (κ1) is 19.6. The molecule has 2 aliphatic rings. The number of anilines is 2. The van der Waals surface area contributed by atoms with Crippen LogP contribution < -0.4 is 10.2 Å². The minimum atomic E-state index is -0.400. The number of thioether (sulfide) groups is 1. The van der Waals surface area contributed by atoms with Crippen LogP contribution in [0.4, 0.5) is 11.4 Å². The number of aryl methyl sites for hydroxylation is 2. The lowest BCUT2D eigenvalue weighted by molar-refractivity contribution is -0.120. The Kier molecular flexibility index (Phi) is 4.91. The van der Waals surface area contributed by atoms with Crippen molar-refractivity contribution in [1.29, 1.82) is 0 Å². The van der Waals surface area contributed by atoms with Gasteiger partial charge >= 0.3 is 0 Å². The molecule has 5 rings (SSSR count). The molecule has 4 nitrogen and oxygen atoms in total. The van der Waals surface area contributed by atoms with Gasteiger partial charge < -0.3 is 5.32 Å². The summed E-state index contributed by atoms with van der Waals surface area (Å²) in [5, 5.41) is 3.53. The van der Waals surface area contributed by atoms with Gasteiger partial charge in [-0.1, -0.05) is 72.8 Å². The van der Waals surface area contributed by atoms with Gasteiger partial charge in [0.25, 0.3) is 11.8 Å². The van der Waals surface area contributed by atoms with Crippen LogP contribution in [0.25, 0.3) is 0 Å². The number of imide groups is 1. The summed E-state index contributed by atoms with van der Waals surface area (Å²) in [7, 11) is 0. The number of amides is 2. The second-order valence-corrected chi connectivity index (χ2v) is 8.85. The Bertz CT molecular complexity index is 1210. The third-order valence-corrected chi connectivity index (χ3v) is 6.95. The zero-order chi connectivity index (χ0) is 21.5. The number of nitrogens with one attached hydrogen (secondary N) is 1. The topological polar surface area (TPSA) is 49.4 Å². The highest BCUT2D eigenvalue weighted by Gasteiger charge is 2.45. The molecule has 0 radical (unpaired) electrons. The fraction of sp³-hybridized carbons (Fsp3) is 0.154. The van der Waals surface area contributed by atoms with Gasteiger partial charge in [-0.15, -0.1) is 0 Å². The maximum Gasteiger partial charge on any atom is 0.272 e. The van der Waals surface area contributed by atoms with E-state index in [1.54, 1.807) is 0 Å². The van der Waals surface area contributed by atoms with E-state index in [1.165, 1.54) is 22.2 Å². The zero-order valence-corrected chi connectivity index (χ0v) is 18.2. The van der Waals surface area contributed by atoms with E-state index in [1.807, 2.05) is 79.7 Å². The average Bonchev–Trinajstić information content (AvgIpc) is 2.93. The van der Waals surface area contributed by atoms with Crippen molar-refractivity contribution in [3.63, 3.8) is 0 Å². The Labute approximate surface area is 186 Å². The summed E-state index contributed by atoms with van der Waals surface area (Å²) in [4.78, 5) is 29.9. The van der Waals surface area contributed by atoms with Crippen LogP contribution in [0, 0.1) is 6.92 Å². The van der Waals surface area contributed by atoms with Crippen molar-refractivity contribution in [1.82, 2.24) is 0 Å². The summed E-state index contributed by atoms with van der Waals surface area (Å²) in [6, 6.07) is 23.2. The lowest BCUT2D eigenvalue weighted by atomic mass is 9.97. The predicted molar refractivity (Wildman–Crippen MR) is 125 cm³/mol. The second kappa shape index (κ2) is 7.75. The molecule has 5 heteroatoms. The van der Waals surface area contributed by atoms with Gasteiger partial charge in [-0.2, -0.15) is 0 Å². The highest BCUT2D eigenvalue weighted by molar-refractivity contribution is 8.04. The van der Waals surface area contributed by atoms with Gasteiger partial charge in [-0.3, -0.25) is 9.59 Å². The van der Waals surface area contributed by atoms with Crippen molar-refractivity contribution < 1.29 is 9.59 Å². The Morgan fingerprint density at radius 3 is 2.32 bits per heavy atom. The van der Waals surface area contributed by atoms with E-state index >= 15 is 0 Å². The summed E-state index contributed by atoms with van der Waals surface area (Å²) < 4.78 is 0. The van der Waals surface area contributed by atoms with Crippen LogP contribution in [-0.2, 0) is 16.0 Å². The molecule has 3 aromatic carbocycles. The Morgan fingerprint density at radius 1 is 0.903 bits per heavy atom. The molecule has 2 amide bonds. The Morgan fingerprint density at radius 2 is 1.61 bits per heavy atom. The number of para-hydroxylation sites is 1. The third kappa shape index (κ3) is 3.35. The van der Waals surface area contributed by atoms with Crippen molar-refractivity contribution in [2.45, 2.75) is 31.2 Å². The molecule has 0 saturated heterocycles. The monoisotopic (exact) mass is 426 g/mol. The number of nitrogens with zero attached hydrogens (tertiary/aromatic N) is 1. The number of benzene rings is 3. The smallest absolute Gasteiger partial charge is 0.272 e. The van der Waals surface area contributed by atoms with E-state index in [-0.39, 0.29) is 11.8 Å². The normalized spacial score (nSPS) is 17.9. The molecule has 1 N–H and O–H groups in total. The number of rotatable bonds is 3. The maximum absolute atomic E-state index is 13.7. The molecule has 31 heavy (non-hydrogen) atoms. The predicted octanol–water partition coefficient (Wildman–Crippen LogP) is 5.64. The largest absolute Gasteiger partial charge is 0.373 e. The van der Waals surface area contributed by atoms with Gasteiger partial charge in [-0.05, 0) is 48.7 Å². The molecular formula is C26H22N2O2S. The van der Waals surface area contributed by atoms with Crippen LogP contribution in [0.5, 0.6) is 0 Å². The maximum atomic E-state index is 13.7. The molecular weight excluding hydrogens is 404 g/mol. The van der Waals surface area contributed by atoms with E-state index in [9.17, 15) is 9.59 Å². The molecule has 0 spiro atoms. The van der Waals surface area contributed by atoms with E-state index < -0.39 is 6.04 Å². The van der Waals surface area contributed by atoms with Gasteiger partial charge in [-0.25, -0.2) is 4.90 Å². The molecule has 0 bridgehead atoms. The molecule has 1 atom stereocenters. The van der Waals surface area contributed by atoms with Gasteiger partial charge in [0, 0.05) is 10.6 Å². The van der Waals surface area contributed by atoms with Gasteiger partial charge in [0.15, 0.2) is 0 Å². The van der Waals surface area contributed by atoms with Crippen LogP contribution >= 0.6 is 11.8 Å².